The number of nitrogens with one attached hydrogen (secondary N) is 1. The number of hydrogen-bond donors (Lipinski definition) is 1. The van der Waals surface area contributed by atoms with Gasteiger partial charge in [-0.3, -0.25) is 4.79 Å². The number of esters is 1. The highest BCUT2D eigenvalue weighted by atomic mass is 35.5. The molecule has 0 aliphatic carbocycles. The van der Waals surface area contributed by atoms with Gasteiger partial charge in [0.1, 0.15) is 0 Å². The van der Waals surface area contributed by atoms with Crippen LogP contribution < -0.4 is 5.32 Å². The summed E-state index contributed by atoms with van der Waals surface area (Å²) in [5.41, 5.74) is 1.33. The molecule has 0 saturated heterocycles. The van der Waals surface area contributed by atoms with Crippen LogP contribution in [0, 0.1) is 0 Å². The summed E-state index contributed by atoms with van der Waals surface area (Å²) in [7, 11) is 0. The Kier molecular flexibility index (Phi) is 4.95. The summed E-state index contributed by atoms with van der Waals surface area (Å²) in [6, 6.07) is 13.5. The summed E-state index contributed by atoms with van der Waals surface area (Å²) in [6.07, 6.45) is 0. The molecule has 0 unspecified atom stereocenters. The van der Waals surface area contributed by atoms with Gasteiger partial charge in [0.15, 0.2) is 0 Å². The summed E-state index contributed by atoms with van der Waals surface area (Å²) in [5, 5.41) is 2.96. The summed E-state index contributed by atoms with van der Waals surface area (Å²) < 4.78 is 4.89. The Morgan fingerprint density at radius 2 is 1.86 bits per heavy atom. The van der Waals surface area contributed by atoms with E-state index in [-0.39, 0.29) is 23.1 Å². The van der Waals surface area contributed by atoms with Crippen molar-refractivity contribution in [3.05, 3.63) is 64.7 Å². The minimum Gasteiger partial charge on any atom is -0.462 e. The van der Waals surface area contributed by atoms with Crippen molar-refractivity contribution in [1.82, 2.24) is 0 Å². The largest absolute Gasteiger partial charge is 0.462 e. The van der Waals surface area contributed by atoms with Crippen LogP contribution in [0.25, 0.3) is 0 Å². The SMILES string of the molecule is CCOC(=O)c1ccc(NC(=O)c2ccccc2)cc1Cl. The van der Waals surface area contributed by atoms with Gasteiger partial charge in [0.2, 0.25) is 0 Å². The molecule has 21 heavy (non-hydrogen) atoms. The van der Waals surface area contributed by atoms with E-state index in [4.69, 9.17) is 16.3 Å². The van der Waals surface area contributed by atoms with Crippen molar-refractivity contribution < 1.29 is 14.3 Å². The van der Waals surface area contributed by atoms with Crippen molar-refractivity contribution in [3.8, 4) is 0 Å². The second-order valence-corrected chi connectivity index (χ2v) is 4.64. The summed E-state index contributed by atoms with van der Waals surface area (Å²) in [6.45, 7) is 2.00. The van der Waals surface area contributed by atoms with Gasteiger partial charge in [-0.05, 0) is 37.3 Å². The van der Waals surface area contributed by atoms with Crippen LogP contribution in [0.4, 0.5) is 5.69 Å². The summed E-state index contributed by atoms with van der Waals surface area (Å²) in [4.78, 5) is 23.6. The van der Waals surface area contributed by atoms with Gasteiger partial charge < -0.3 is 10.1 Å². The van der Waals surface area contributed by atoms with Crippen LogP contribution in [0.2, 0.25) is 5.02 Å². The van der Waals surface area contributed by atoms with Crippen molar-refractivity contribution in [2.45, 2.75) is 6.92 Å². The molecule has 5 heteroatoms. The lowest BCUT2D eigenvalue weighted by atomic mass is 10.2. The first-order chi connectivity index (χ1) is 10.1. The van der Waals surface area contributed by atoms with E-state index in [1.54, 1.807) is 37.3 Å². The lowest BCUT2D eigenvalue weighted by Crippen LogP contribution is -2.12. The Morgan fingerprint density at radius 3 is 2.48 bits per heavy atom. The molecule has 0 aliphatic rings. The number of benzene rings is 2. The van der Waals surface area contributed by atoms with Gasteiger partial charge in [-0.1, -0.05) is 29.8 Å². The monoisotopic (exact) mass is 303 g/mol. The van der Waals surface area contributed by atoms with Gasteiger partial charge in [-0.25, -0.2) is 4.79 Å². The molecule has 2 aromatic carbocycles. The van der Waals surface area contributed by atoms with Crippen LogP contribution in [0.5, 0.6) is 0 Å². The molecule has 0 saturated carbocycles. The topological polar surface area (TPSA) is 55.4 Å². The highest BCUT2D eigenvalue weighted by Gasteiger charge is 2.13. The molecular weight excluding hydrogens is 290 g/mol. The molecule has 0 atom stereocenters. The molecule has 0 aromatic heterocycles. The number of anilines is 1. The number of amides is 1. The van der Waals surface area contributed by atoms with Gasteiger partial charge in [0.25, 0.3) is 5.91 Å². The Bertz CT molecular complexity index is 656. The number of halogens is 1. The molecule has 0 spiro atoms. The smallest absolute Gasteiger partial charge is 0.339 e. The molecule has 2 aromatic rings. The maximum atomic E-state index is 12.0. The second-order valence-electron chi connectivity index (χ2n) is 4.24. The number of carbonyl (C=O) groups is 2. The molecule has 1 amide bonds. The zero-order valence-corrected chi connectivity index (χ0v) is 12.2. The van der Waals surface area contributed by atoms with E-state index in [0.29, 0.717) is 11.3 Å². The van der Waals surface area contributed by atoms with Crippen LogP contribution in [-0.4, -0.2) is 18.5 Å². The number of ether oxygens (including phenoxy) is 1. The fourth-order valence-electron chi connectivity index (χ4n) is 1.76. The molecule has 0 fully saturated rings. The van der Waals surface area contributed by atoms with Gasteiger partial charge in [-0.15, -0.1) is 0 Å². The summed E-state index contributed by atoms with van der Waals surface area (Å²) >= 11 is 6.04. The predicted octanol–water partition coefficient (Wildman–Crippen LogP) is 3.77. The number of carbonyl (C=O) groups excluding carboxylic acids is 2. The van der Waals surface area contributed by atoms with Gasteiger partial charge in [0, 0.05) is 11.3 Å². The Balaban J connectivity index is 2.14. The van der Waals surface area contributed by atoms with Crippen molar-refractivity contribution in [2.75, 3.05) is 11.9 Å². The van der Waals surface area contributed by atoms with Crippen LogP contribution in [-0.2, 0) is 4.74 Å². The first kappa shape index (κ1) is 15.1. The van der Waals surface area contributed by atoms with Crippen molar-refractivity contribution in [3.63, 3.8) is 0 Å². The molecule has 1 N–H and O–H groups in total. The molecule has 2 rings (SSSR count). The van der Waals surface area contributed by atoms with E-state index in [2.05, 4.69) is 5.32 Å². The third kappa shape index (κ3) is 3.83. The van der Waals surface area contributed by atoms with Crippen LogP contribution in [0.1, 0.15) is 27.6 Å². The first-order valence-electron chi connectivity index (χ1n) is 6.45. The fourth-order valence-corrected chi connectivity index (χ4v) is 2.02. The van der Waals surface area contributed by atoms with Crippen molar-refractivity contribution in [2.24, 2.45) is 0 Å². The van der Waals surface area contributed by atoms with Crippen LogP contribution >= 0.6 is 11.6 Å². The van der Waals surface area contributed by atoms with E-state index in [0.717, 1.165) is 0 Å². The molecule has 108 valence electrons. The van der Waals surface area contributed by atoms with E-state index in [1.807, 2.05) is 6.07 Å². The molecule has 0 heterocycles. The number of rotatable bonds is 4. The summed E-state index contributed by atoms with van der Waals surface area (Å²) in [5.74, 6) is -0.723. The third-order valence-corrected chi connectivity index (χ3v) is 3.07. The molecule has 0 aliphatic heterocycles. The Labute approximate surface area is 127 Å². The zero-order valence-electron chi connectivity index (χ0n) is 11.4. The quantitative estimate of drug-likeness (QED) is 0.875. The van der Waals surface area contributed by atoms with Crippen molar-refractivity contribution >= 4 is 29.2 Å². The van der Waals surface area contributed by atoms with E-state index in [9.17, 15) is 9.59 Å². The van der Waals surface area contributed by atoms with Crippen LogP contribution in [0.3, 0.4) is 0 Å². The average molecular weight is 304 g/mol. The van der Waals surface area contributed by atoms with E-state index in [1.165, 1.54) is 12.1 Å². The van der Waals surface area contributed by atoms with E-state index >= 15 is 0 Å². The molecule has 4 nitrogen and oxygen atoms in total. The lowest BCUT2D eigenvalue weighted by molar-refractivity contribution is 0.0526. The minimum absolute atomic E-state index is 0.235. The molecular formula is C16H14ClNO3. The standard InChI is InChI=1S/C16H14ClNO3/c1-2-21-16(20)13-9-8-12(10-14(13)17)18-15(19)11-6-4-3-5-7-11/h3-10H,2H2,1H3,(H,18,19). The van der Waals surface area contributed by atoms with Gasteiger partial charge in [-0.2, -0.15) is 0 Å². The molecule has 0 radical (unpaired) electrons. The van der Waals surface area contributed by atoms with Gasteiger partial charge >= 0.3 is 5.97 Å². The maximum absolute atomic E-state index is 12.0. The third-order valence-electron chi connectivity index (χ3n) is 2.76. The first-order valence-corrected chi connectivity index (χ1v) is 6.82. The Morgan fingerprint density at radius 1 is 1.14 bits per heavy atom. The van der Waals surface area contributed by atoms with Crippen molar-refractivity contribution in [1.29, 1.82) is 0 Å². The fraction of sp³-hybridized carbons (Fsp3) is 0.125. The Hall–Kier alpha value is -2.33. The number of hydrogen-bond acceptors (Lipinski definition) is 3. The minimum atomic E-state index is -0.483. The van der Waals surface area contributed by atoms with Crippen LogP contribution in [0.15, 0.2) is 48.5 Å². The van der Waals surface area contributed by atoms with E-state index < -0.39 is 5.97 Å². The zero-order chi connectivity index (χ0) is 15.2. The van der Waals surface area contributed by atoms with Gasteiger partial charge in [0.05, 0.1) is 17.2 Å². The normalized spacial score (nSPS) is 10.0. The lowest BCUT2D eigenvalue weighted by Gasteiger charge is -2.08. The highest BCUT2D eigenvalue weighted by molar-refractivity contribution is 6.34. The second kappa shape index (κ2) is 6.90. The predicted molar refractivity (Wildman–Crippen MR) is 81.8 cm³/mol. The maximum Gasteiger partial charge on any atom is 0.339 e. The highest BCUT2D eigenvalue weighted by Crippen LogP contribution is 2.22. The molecule has 0 bridgehead atoms. The average Bonchev–Trinajstić information content (AvgIpc) is 2.48.